The van der Waals surface area contributed by atoms with Crippen molar-refractivity contribution in [2.24, 2.45) is 0 Å². The average Bonchev–Trinajstić information content (AvgIpc) is 3.03. The fraction of sp³-hybridized carbons (Fsp3) is 0.438. The predicted octanol–water partition coefficient (Wildman–Crippen LogP) is 3.06. The SMILES string of the molecule is O=C(O)N1CCCCC1c1nc(CCc2ccccc2)no1. The van der Waals surface area contributed by atoms with Crippen LogP contribution in [0.4, 0.5) is 4.79 Å². The Bertz CT molecular complexity index is 627. The lowest BCUT2D eigenvalue weighted by molar-refractivity contribution is 0.0932. The summed E-state index contributed by atoms with van der Waals surface area (Å²) >= 11 is 0. The molecule has 3 rings (SSSR count). The zero-order valence-electron chi connectivity index (χ0n) is 12.3. The molecule has 0 radical (unpaired) electrons. The molecule has 2 heterocycles. The Kier molecular flexibility index (Phi) is 4.37. The van der Waals surface area contributed by atoms with Crippen LogP contribution in [0.2, 0.25) is 0 Å². The molecule has 1 N–H and O–H groups in total. The van der Waals surface area contributed by atoms with E-state index in [1.165, 1.54) is 10.5 Å². The number of likely N-dealkylation sites (tertiary alicyclic amines) is 1. The summed E-state index contributed by atoms with van der Waals surface area (Å²) in [5.74, 6) is 1.06. The van der Waals surface area contributed by atoms with Crippen molar-refractivity contribution in [3.05, 3.63) is 47.6 Å². The Morgan fingerprint density at radius 2 is 2.09 bits per heavy atom. The molecule has 2 aromatic rings. The number of aromatic nitrogens is 2. The van der Waals surface area contributed by atoms with Gasteiger partial charge in [0, 0.05) is 13.0 Å². The molecule has 0 bridgehead atoms. The lowest BCUT2D eigenvalue weighted by atomic mass is 10.0. The fourth-order valence-corrected chi connectivity index (χ4v) is 2.82. The van der Waals surface area contributed by atoms with Crippen molar-refractivity contribution in [1.82, 2.24) is 15.0 Å². The van der Waals surface area contributed by atoms with Crippen molar-refractivity contribution >= 4 is 6.09 Å². The number of benzene rings is 1. The third-order valence-electron chi connectivity index (χ3n) is 4.00. The van der Waals surface area contributed by atoms with E-state index < -0.39 is 6.09 Å². The molecule has 1 atom stereocenters. The monoisotopic (exact) mass is 301 g/mol. The van der Waals surface area contributed by atoms with Gasteiger partial charge in [0.15, 0.2) is 5.82 Å². The number of hydrogen-bond acceptors (Lipinski definition) is 4. The van der Waals surface area contributed by atoms with E-state index in [1.54, 1.807) is 0 Å². The van der Waals surface area contributed by atoms with Crippen LogP contribution < -0.4 is 0 Å². The molecule has 1 aliphatic heterocycles. The molecule has 1 unspecified atom stereocenters. The summed E-state index contributed by atoms with van der Waals surface area (Å²) in [6.07, 6.45) is 3.22. The maximum atomic E-state index is 11.3. The molecule has 116 valence electrons. The molecular weight excluding hydrogens is 282 g/mol. The molecule has 1 aliphatic rings. The summed E-state index contributed by atoms with van der Waals surface area (Å²) in [5.41, 5.74) is 1.22. The zero-order valence-corrected chi connectivity index (χ0v) is 12.3. The van der Waals surface area contributed by atoms with Gasteiger partial charge in [0.25, 0.3) is 0 Å². The van der Waals surface area contributed by atoms with Gasteiger partial charge in [-0.2, -0.15) is 4.98 Å². The van der Waals surface area contributed by atoms with Crippen LogP contribution in [0.5, 0.6) is 0 Å². The van der Waals surface area contributed by atoms with Crippen molar-refractivity contribution in [2.75, 3.05) is 6.54 Å². The first kappa shape index (κ1) is 14.6. The van der Waals surface area contributed by atoms with Gasteiger partial charge in [0.2, 0.25) is 5.89 Å². The van der Waals surface area contributed by atoms with Crippen LogP contribution in [0, 0.1) is 0 Å². The Labute approximate surface area is 128 Å². The van der Waals surface area contributed by atoms with E-state index in [0.29, 0.717) is 24.7 Å². The highest BCUT2D eigenvalue weighted by Crippen LogP contribution is 2.29. The number of nitrogens with zero attached hydrogens (tertiary/aromatic N) is 3. The van der Waals surface area contributed by atoms with Gasteiger partial charge in [0.05, 0.1) is 0 Å². The van der Waals surface area contributed by atoms with Crippen molar-refractivity contribution in [1.29, 1.82) is 0 Å². The number of piperidine rings is 1. The van der Waals surface area contributed by atoms with Gasteiger partial charge in [-0.3, -0.25) is 4.90 Å². The second-order valence-corrected chi connectivity index (χ2v) is 5.52. The zero-order chi connectivity index (χ0) is 15.4. The predicted molar refractivity (Wildman–Crippen MR) is 79.5 cm³/mol. The normalized spacial score (nSPS) is 18.4. The first-order valence-corrected chi connectivity index (χ1v) is 7.60. The van der Waals surface area contributed by atoms with Crippen LogP contribution in [0.1, 0.15) is 42.6 Å². The maximum Gasteiger partial charge on any atom is 0.407 e. The first-order chi connectivity index (χ1) is 10.7. The number of amides is 1. The van der Waals surface area contributed by atoms with Crippen LogP contribution in [0.25, 0.3) is 0 Å². The molecule has 6 nitrogen and oxygen atoms in total. The molecule has 1 saturated heterocycles. The molecular formula is C16H19N3O3. The van der Waals surface area contributed by atoms with E-state index >= 15 is 0 Å². The summed E-state index contributed by atoms with van der Waals surface area (Å²) < 4.78 is 5.31. The maximum absolute atomic E-state index is 11.3. The standard InChI is InChI=1S/C16H19N3O3/c20-16(21)19-11-5-4-8-13(19)15-17-14(18-22-15)10-9-12-6-2-1-3-7-12/h1-3,6-7,13H,4-5,8-11H2,(H,20,21). The lowest BCUT2D eigenvalue weighted by Gasteiger charge is -2.30. The van der Waals surface area contributed by atoms with E-state index in [4.69, 9.17) is 4.52 Å². The highest BCUT2D eigenvalue weighted by atomic mass is 16.5. The van der Waals surface area contributed by atoms with Gasteiger partial charge in [-0.1, -0.05) is 35.5 Å². The number of carboxylic acid groups (broad SMARTS) is 1. The number of carbonyl (C=O) groups is 1. The molecule has 0 aliphatic carbocycles. The molecule has 1 aromatic heterocycles. The average molecular weight is 301 g/mol. The van der Waals surface area contributed by atoms with E-state index in [0.717, 1.165) is 25.7 Å². The molecule has 0 saturated carbocycles. The first-order valence-electron chi connectivity index (χ1n) is 7.60. The number of hydrogen-bond donors (Lipinski definition) is 1. The summed E-state index contributed by atoms with van der Waals surface area (Å²) in [6.45, 7) is 0.529. The van der Waals surface area contributed by atoms with Gasteiger partial charge >= 0.3 is 6.09 Å². The molecule has 6 heteroatoms. The molecule has 0 spiro atoms. The van der Waals surface area contributed by atoms with E-state index in [2.05, 4.69) is 22.3 Å². The Morgan fingerprint density at radius 3 is 2.86 bits per heavy atom. The van der Waals surface area contributed by atoms with Crippen molar-refractivity contribution in [3.8, 4) is 0 Å². The van der Waals surface area contributed by atoms with Crippen LogP contribution in [0.3, 0.4) is 0 Å². The number of aryl methyl sites for hydroxylation is 2. The Balaban J connectivity index is 1.66. The highest BCUT2D eigenvalue weighted by molar-refractivity contribution is 5.65. The summed E-state index contributed by atoms with van der Waals surface area (Å²) in [6, 6.07) is 9.82. The van der Waals surface area contributed by atoms with E-state index in [9.17, 15) is 9.90 Å². The van der Waals surface area contributed by atoms with Gasteiger partial charge in [-0.15, -0.1) is 0 Å². The second kappa shape index (κ2) is 6.60. The van der Waals surface area contributed by atoms with Crippen molar-refractivity contribution < 1.29 is 14.4 Å². The van der Waals surface area contributed by atoms with Gasteiger partial charge in [-0.25, -0.2) is 4.79 Å². The minimum atomic E-state index is -0.922. The van der Waals surface area contributed by atoms with Crippen LogP contribution >= 0.6 is 0 Å². The van der Waals surface area contributed by atoms with Gasteiger partial charge in [0.1, 0.15) is 6.04 Å². The fourth-order valence-electron chi connectivity index (χ4n) is 2.82. The summed E-state index contributed by atoms with van der Waals surface area (Å²) in [4.78, 5) is 17.1. The van der Waals surface area contributed by atoms with Crippen LogP contribution in [-0.4, -0.2) is 32.8 Å². The van der Waals surface area contributed by atoms with Gasteiger partial charge < -0.3 is 9.63 Å². The molecule has 1 aromatic carbocycles. The molecule has 1 amide bonds. The largest absolute Gasteiger partial charge is 0.465 e. The van der Waals surface area contributed by atoms with Crippen molar-refractivity contribution in [2.45, 2.75) is 38.1 Å². The quantitative estimate of drug-likeness (QED) is 0.938. The van der Waals surface area contributed by atoms with E-state index in [1.807, 2.05) is 18.2 Å². The van der Waals surface area contributed by atoms with Crippen LogP contribution in [-0.2, 0) is 12.8 Å². The summed E-state index contributed by atoms with van der Waals surface area (Å²) in [7, 11) is 0. The second-order valence-electron chi connectivity index (χ2n) is 5.52. The Hall–Kier alpha value is -2.37. The molecule has 22 heavy (non-hydrogen) atoms. The topological polar surface area (TPSA) is 79.5 Å². The Morgan fingerprint density at radius 1 is 1.27 bits per heavy atom. The van der Waals surface area contributed by atoms with Gasteiger partial charge in [-0.05, 0) is 31.2 Å². The third kappa shape index (κ3) is 3.27. The highest BCUT2D eigenvalue weighted by Gasteiger charge is 2.31. The number of rotatable bonds is 4. The molecule has 1 fully saturated rings. The minimum absolute atomic E-state index is 0.302. The lowest BCUT2D eigenvalue weighted by Crippen LogP contribution is -2.37. The van der Waals surface area contributed by atoms with Crippen LogP contribution in [0.15, 0.2) is 34.9 Å². The smallest absolute Gasteiger partial charge is 0.407 e. The third-order valence-corrected chi connectivity index (χ3v) is 4.00. The minimum Gasteiger partial charge on any atom is -0.465 e. The van der Waals surface area contributed by atoms with Crippen molar-refractivity contribution in [3.63, 3.8) is 0 Å². The van der Waals surface area contributed by atoms with E-state index in [-0.39, 0.29) is 6.04 Å². The summed E-state index contributed by atoms with van der Waals surface area (Å²) in [5, 5.41) is 13.3.